The van der Waals surface area contributed by atoms with Crippen LogP contribution in [0.3, 0.4) is 0 Å². The van der Waals surface area contributed by atoms with E-state index in [2.05, 4.69) is 0 Å². The standard InChI is InChI=1S/C14H21NO4S/c1-4-6-15(12-5-7-20(17,18)9-12)14(16)13-8-10(2)19-11(13)3/h8,12H,4-7,9H2,1-3H3. The smallest absolute Gasteiger partial charge is 0.257 e. The molecule has 0 aromatic carbocycles. The van der Waals surface area contributed by atoms with Crippen molar-refractivity contribution in [3.8, 4) is 0 Å². The highest BCUT2D eigenvalue weighted by Crippen LogP contribution is 2.23. The van der Waals surface area contributed by atoms with Gasteiger partial charge in [0, 0.05) is 12.6 Å². The normalized spacial score (nSPS) is 21.1. The summed E-state index contributed by atoms with van der Waals surface area (Å²) in [7, 11) is -3.00. The van der Waals surface area contributed by atoms with Gasteiger partial charge in [-0.2, -0.15) is 0 Å². The number of carbonyl (C=O) groups excluding carboxylic acids is 1. The minimum Gasteiger partial charge on any atom is -0.466 e. The third-order valence-electron chi connectivity index (χ3n) is 3.65. The van der Waals surface area contributed by atoms with E-state index in [1.54, 1.807) is 24.8 Å². The summed E-state index contributed by atoms with van der Waals surface area (Å²) in [6.07, 6.45) is 1.34. The lowest BCUT2D eigenvalue weighted by molar-refractivity contribution is 0.0695. The third kappa shape index (κ3) is 3.06. The third-order valence-corrected chi connectivity index (χ3v) is 5.40. The maximum Gasteiger partial charge on any atom is 0.257 e. The summed E-state index contributed by atoms with van der Waals surface area (Å²) in [5, 5.41) is 0. The monoisotopic (exact) mass is 299 g/mol. The Hall–Kier alpha value is -1.30. The zero-order valence-corrected chi connectivity index (χ0v) is 13.0. The Labute approximate surface area is 119 Å². The molecule has 1 atom stereocenters. The fourth-order valence-electron chi connectivity index (χ4n) is 2.71. The maximum absolute atomic E-state index is 12.6. The largest absolute Gasteiger partial charge is 0.466 e. The van der Waals surface area contributed by atoms with Crippen molar-refractivity contribution in [2.75, 3.05) is 18.1 Å². The molecule has 0 radical (unpaired) electrons. The number of hydrogen-bond acceptors (Lipinski definition) is 4. The molecule has 2 rings (SSSR count). The second-order valence-corrected chi connectivity index (χ2v) is 7.61. The lowest BCUT2D eigenvalue weighted by Gasteiger charge is -2.27. The summed E-state index contributed by atoms with van der Waals surface area (Å²) >= 11 is 0. The van der Waals surface area contributed by atoms with Crippen molar-refractivity contribution in [3.63, 3.8) is 0 Å². The molecule has 1 unspecified atom stereocenters. The molecule has 0 spiro atoms. The number of amides is 1. The van der Waals surface area contributed by atoms with E-state index in [4.69, 9.17) is 4.42 Å². The maximum atomic E-state index is 12.6. The Kier molecular flexibility index (Phi) is 4.22. The van der Waals surface area contributed by atoms with Crippen molar-refractivity contribution in [2.45, 2.75) is 39.7 Å². The molecule has 5 nitrogen and oxygen atoms in total. The van der Waals surface area contributed by atoms with Gasteiger partial charge in [0.05, 0.1) is 17.1 Å². The Bertz CT molecular complexity index is 603. The molecule has 6 heteroatoms. The molecule has 2 heterocycles. The van der Waals surface area contributed by atoms with Gasteiger partial charge >= 0.3 is 0 Å². The number of carbonyl (C=O) groups is 1. The summed E-state index contributed by atoms with van der Waals surface area (Å²) in [6.45, 7) is 6.11. The number of sulfone groups is 1. The topological polar surface area (TPSA) is 67.6 Å². The van der Waals surface area contributed by atoms with Crippen LogP contribution >= 0.6 is 0 Å². The van der Waals surface area contributed by atoms with E-state index in [0.29, 0.717) is 30.0 Å². The van der Waals surface area contributed by atoms with Crippen molar-refractivity contribution in [2.24, 2.45) is 0 Å². The Morgan fingerprint density at radius 1 is 1.45 bits per heavy atom. The number of furan rings is 1. The molecule has 0 aliphatic carbocycles. The summed E-state index contributed by atoms with van der Waals surface area (Å²) in [5.41, 5.74) is 0.542. The van der Waals surface area contributed by atoms with Gasteiger partial charge in [0.2, 0.25) is 0 Å². The molecule has 1 fully saturated rings. The molecule has 0 N–H and O–H groups in total. The summed E-state index contributed by atoms with van der Waals surface area (Å²) in [6, 6.07) is 1.52. The first-order valence-corrected chi connectivity index (χ1v) is 8.74. The average Bonchev–Trinajstić information content (AvgIpc) is 2.88. The minimum absolute atomic E-state index is 0.0780. The van der Waals surface area contributed by atoms with Gasteiger partial charge in [0.25, 0.3) is 5.91 Å². The minimum atomic E-state index is -3.00. The predicted octanol–water partition coefficient (Wildman–Crippen LogP) is 1.94. The Morgan fingerprint density at radius 3 is 2.60 bits per heavy atom. The van der Waals surface area contributed by atoms with Gasteiger partial charge < -0.3 is 9.32 Å². The second kappa shape index (κ2) is 5.60. The van der Waals surface area contributed by atoms with Crippen molar-refractivity contribution in [3.05, 3.63) is 23.2 Å². The highest BCUT2D eigenvalue weighted by molar-refractivity contribution is 7.91. The molecule has 1 aromatic heterocycles. The SMILES string of the molecule is CCCN(C(=O)c1cc(C)oc1C)C1CCS(=O)(=O)C1. The van der Waals surface area contributed by atoms with Crippen LogP contribution in [0.25, 0.3) is 0 Å². The van der Waals surface area contributed by atoms with Crippen molar-refractivity contribution < 1.29 is 17.6 Å². The quantitative estimate of drug-likeness (QED) is 0.852. The molecular weight excluding hydrogens is 278 g/mol. The fraction of sp³-hybridized carbons (Fsp3) is 0.643. The van der Waals surface area contributed by atoms with Crippen molar-refractivity contribution in [1.29, 1.82) is 0 Å². The van der Waals surface area contributed by atoms with Crippen LogP contribution in [-0.4, -0.2) is 43.3 Å². The van der Waals surface area contributed by atoms with Gasteiger partial charge in [-0.05, 0) is 32.8 Å². The zero-order valence-electron chi connectivity index (χ0n) is 12.2. The number of rotatable bonds is 4. The molecule has 1 aromatic rings. The first-order valence-electron chi connectivity index (χ1n) is 6.92. The first-order chi connectivity index (χ1) is 9.34. The van der Waals surface area contributed by atoms with E-state index in [9.17, 15) is 13.2 Å². The van der Waals surface area contributed by atoms with E-state index in [1.165, 1.54) is 0 Å². The predicted molar refractivity (Wildman–Crippen MR) is 76.6 cm³/mol. The van der Waals surface area contributed by atoms with Crippen LogP contribution < -0.4 is 0 Å². The van der Waals surface area contributed by atoms with E-state index < -0.39 is 9.84 Å². The van der Waals surface area contributed by atoms with Crippen LogP contribution in [0.1, 0.15) is 41.6 Å². The van der Waals surface area contributed by atoms with Gasteiger partial charge in [-0.1, -0.05) is 6.92 Å². The van der Waals surface area contributed by atoms with Gasteiger partial charge in [0.15, 0.2) is 9.84 Å². The highest BCUT2D eigenvalue weighted by atomic mass is 32.2. The van der Waals surface area contributed by atoms with Gasteiger partial charge in [0.1, 0.15) is 11.5 Å². The van der Waals surface area contributed by atoms with Crippen LogP contribution in [0.2, 0.25) is 0 Å². The molecule has 1 saturated heterocycles. The van der Waals surface area contributed by atoms with Crippen LogP contribution in [0.4, 0.5) is 0 Å². The van der Waals surface area contributed by atoms with Gasteiger partial charge in [-0.3, -0.25) is 4.79 Å². The molecule has 1 amide bonds. The van der Waals surface area contributed by atoms with Crippen LogP contribution in [0.5, 0.6) is 0 Å². The molecule has 0 saturated carbocycles. The van der Waals surface area contributed by atoms with Crippen LogP contribution in [-0.2, 0) is 9.84 Å². The molecule has 1 aliphatic heterocycles. The lowest BCUT2D eigenvalue weighted by Crippen LogP contribution is -2.41. The van der Waals surface area contributed by atoms with E-state index in [1.807, 2.05) is 6.92 Å². The van der Waals surface area contributed by atoms with Crippen molar-refractivity contribution in [1.82, 2.24) is 4.90 Å². The summed E-state index contributed by atoms with van der Waals surface area (Å²) in [5.74, 6) is 1.42. The van der Waals surface area contributed by atoms with E-state index in [-0.39, 0.29) is 23.5 Å². The number of aryl methyl sites for hydroxylation is 2. The molecule has 20 heavy (non-hydrogen) atoms. The average molecular weight is 299 g/mol. The number of hydrogen-bond donors (Lipinski definition) is 0. The molecular formula is C14H21NO4S. The second-order valence-electron chi connectivity index (χ2n) is 5.38. The zero-order chi connectivity index (χ0) is 14.9. The molecule has 1 aliphatic rings. The van der Waals surface area contributed by atoms with Crippen LogP contribution in [0, 0.1) is 13.8 Å². The van der Waals surface area contributed by atoms with Gasteiger partial charge in [-0.15, -0.1) is 0 Å². The summed E-state index contributed by atoms with van der Waals surface area (Å²) < 4.78 is 28.6. The summed E-state index contributed by atoms with van der Waals surface area (Å²) in [4.78, 5) is 14.3. The van der Waals surface area contributed by atoms with E-state index in [0.717, 1.165) is 6.42 Å². The highest BCUT2D eigenvalue weighted by Gasteiger charge is 2.35. The molecule has 0 bridgehead atoms. The van der Waals surface area contributed by atoms with Gasteiger partial charge in [-0.25, -0.2) is 8.42 Å². The van der Waals surface area contributed by atoms with E-state index >= 15 is 0 Å². The Morgan fingerprint density at radius 2 is 2.15 bits per heavy atom. The molecule has 112 valence electrons. The number of nitrogens with zero attached hydrogens (tertiary/aromatic N) is 1. The first kappa shape index (κ1) is 15.1. The Balaban J connectivity index is 2.25. The van der Waals surface area contributed by atoms with Crippen LogP contribution in [0.15, 0.2) is 10.5 Å². The lowest BCUT2D eigenvalue weighted by atomic mass is 10.1. The fourth-order valence-corrected chi connectivity index (χ4v) is 4.44. The van der Waals surface area contributed by atoms with Crippen molar-refractivity contribution >= 4 is 15.7 Å².